The predicted molar refractivity (Wildman–Crippen MR) is 198 cm³/mol. The molecular weight excluding hydrogens is 668 g/mol. The second kappa shape index (κ2) is 13.0. The minimum atomic E-state index is -1.27. The Hall–Kier alpha value is -7.08. The number of nitrogens with zero attached hydrogens (tertiary/aromatic N) is 2. The van der Waals surface area contributed by atoms with E-state index in [1.807, 2.05) is 0 Å². The van der Waals surface area contributed by atoms with Gasteiger partial charge < -0.3 is 39.4 Å². The molecule has 0 aromatic heterocycles. The summed E-state index contributed by atoms with van der Waals surface area (Å²) in [6.07, 6.45) is 0. The van der Waals surface area contributed by atoms with Crippen molar-refractivity contribution in [1.82, 2.24) is 0 Å². The lowest BCUT2D eigenvalue weighted by molar-refractivity contribution is 0.0695. The zero-order chi connectivity index (χ0) is 36.8. The van der Waals surface area contributed by atoms with Crippen molar-refractivity contribution in [3.63, 3.8) is 0 Å². The zero-order valence-corrected chi connectivity index (χ0v) is 28.2. The van der Waals surface area contributed by atoms with E-state index in [2.05, 4.69) is 9.98 Å². The number of fused-ring (bicyclic) bond motifs is 2. The fraction of sp³-hybridized carbons (Fsp3) is 0.100. The van der Waals surface area contributed by atoms with Crippen LogP contribution in [0.5, 0.6) is 23.0 Å². The molecule has 0 unspecified atom stereocenters. The number of benzene rings is 7. The molecule has 7 aromatic rings. The minimum absolute atomic E-state index is 0.0923. The number of ether oxygens (including phenoxy) is 4. The molecule has 0 spiro atoms. The predicted octanol–water partition coefficient (Wildman–Crippen LogP) is 8.44. The summed E-state index contributed by atoms with van der Waals surface area (Å²) in [5.74, 6) is -1.51. The van der Waals surface area contributed by atoms with Crippen LogP contribution in [0.25, 0.3) is 43.1 Å². The molecule has 7 rings (SSSR count). The van der Waals surface area contributed by atoms with Gasteiger partial charge in [-0.2, -0.15) is 0 Å². The van der Waals surface area contributed by atoms with Crippen LogP contribution in [0, 0.1) is 0 Å². The summed E-state index contributed by atoms with van der Waals surface area (Å²) in [6, 6.07) is 22.6. The maximum atomic E-state index is 12.3. The first-order valence-electron chi connectivity index (χ1n) is 15.8. The van der Waals surface area contributed by atoms with Crippen molar-refractivity contribution >= 4 is 78.2 Å². The number of aliphatic hydroxyl groups excluding tert-OH is 2. The van der Waals surface area contributed by atoms with Crippen molar-refractivity contribution < 1.29 is 49.0 Å². The quantitative estimate of drug-likeness (QED) is 0.0469. The van der Waals surface area contributed by atoms with Gasteiger partial charge >= 0.3 is 11.9 Å². The number of carboxylic acid groups (broad SMARTS) is 2. The second-order valence-electron chi connectivity index (χ2n) is 11.8. The van der Waals surface area contributed by atoms with Crippen LogP contribution < -0.4 is 18.9 Å². The van der Waals surface area contributed by atoms with Crippen LogP contribution >= 0.6 is 0 Å². The monoisotopic (exact) mass is 698 g/mol. The molecule has 0 heterocycles. The average molecular weight is 699 g/mol. The summed E-state index contributed by atoms with van der Waals surface area (Å²) in [5.41, 5.74) is 0.841. The normalized spacial score (nSPS) is 12.2. The summed E-state index contributed by atoms with van der Waals surface area (Å²) < 4.78 is 21.5. The number of hydrogen-bond donors (Lipinski definition) is 4. The maximum absolute atomic E-state index is 12.3. The lowest BCUT2D eigenvalue weighted by atomic mass is 9.84. The molecule has 12 nitrogen and oxygen atoms in total. The highest BCUT2D eigenvalue weighted by molar-refractivity contribution is 6.38. The van der Waals surface area contributed by atoms with Crippen molar-refractivity contribution in [2.24, 2.45) is 9.98 Å². The zero-order valence-electron chi connectivity index (χ0n) is 28.2. The summed E-state index contributed by atoms with van der Waals surface area (Å²) in [7, 11) is 5.99. The van der Waals surface area contributed by atoms with Gasteiger partial charge in [0.05, 0.1) is 50.9 Å². The smallest absolute Gasteiger partial charge is 0.336 e. The fourth-order valence-electron chi connectivity index (χ4n) is 6.70. The number of carbonyl (C=O) groups is 2. The maximum Gasteiger partial charge on any atom is 0.336 e. The van der Waals surface area contributed by atoms with Crippen LogP contribution in [0.1, 0.15) is 31.8 Å². The van der Waals surface area contributed by atoms with Crippen LogP contribution in [-0.4, -0.2) is 72.6 Å². The Labute approximate surface area is 295 Å². The molecule has 0 aliphatic rings. The van der Waals surface area contributed by atoms with Gasteiger partial charge in [-0.25, -0.2) is 19.6 Å². The third kappa shape index (κ3) is 5.52. The highest BCUT2D eigenvalue weighted by atomic mass is 16.5. The number of rotatable bonds is 10. The van der Waals surface area contributed by atoms with Crippen LogP contribution in [0.4, 0.5) is 11.4 Å². The van der Waals surface area contributed by atoms with Crippen LogP contribution in [0.15, 0.2) is 94.9 Å². The first kappa shape index (κ1) is 33.4. The molecule has 0 bridgehead atoms. The number of methoxy groups -OCH3 is 4. The number of aromatic carboxylic acids is 2. The highest BCUT2D eigenvalue weighted by Crippen LogP contribution is 2.44. The van der Waals surface area contributed by atoms with Crippen LogP contribution in [0.2, 0.25) is 0 Å². The lowest BCUT2D eigenvalue weighted by Gasteiger charge is -2.19. The fourth-order valence-corrected chi connectivity index (χ4v) is 6.70. The lowest BCUT2D eigenvalue weighted by Crippen LogP contribution is -2.08. The molecule has 7 aromatic carbocycles. The first-order chi connectivity index (χ1) is 25.1. The van der Waals surface area contributed by atoms with Gasteiger partial charge in [0.1, 0.15) is 23.0 Å². The molecule has 12 heteroatoms. The van der Waals surface area contributed by atoms with E-state index in [0.29, 0.717) is 72.1 Å². The van der Waals surface area contributed by atoms with E-state index in [-0.39, 0.29) is 27.6 Å². The average Bonchev–Trinajstić information content (AvgIpc) is 3.15. The van der Waals surface area contributed by atoms with Crippen molar-refractivity contribution in [3.05, 3.63) is 107 Å². The number of aliphatic imine (C=N–C) groups is 2. The van der Waals surface area contributed by atoms with Crippen molar-refractivity contribution in [2.45, 2.75) is 0 Å². The number of hydrogen-bond acceptors (Lipinski definition) is 8. The minimum Gasteiger partial charge on any atom is -0.497 e. The SMILES string of the molecule is COc1cc(N=C(O)c2ccc3c4ccc(C(=O)O)c5c(C(=O)O)ccc(c6ccc(C(O)=Nc7cc(OC)cc(OC)c7)c2c36)c54)cc(OC)c1. The molecule has 52 heavy (non-hydrogen) atoms. The standard InChI is InChI=1S/C40H30N2O10/c1-49-21-13-19(14-22(17-21)50-2)41-37(43)29-9-5-25-27-7-11-31(39(45)46)36-32(40(47)48)12-8-28(34(27)36)26-6-10-30(35(29)33(25)26)38(44)42-20-15-23(51-3)18-24(16-20)52-4/h5-18H,1-4H3,(H,41,43)(H,42,44)(H,45,46)(H,47,48). The summed E-state index contributed by atoms with van der Waals surface area (Å²) in [4.78, 5) is 33.7. The van der Waals surface area contributed by atoms with Gasteiger partial charge in [0.2, 0.25) is 11.8 Å². The van der Waals surface area contributed by atoms with E-state index < -0.39 is 23.7 Å². The summed E-state index contributed by atoms with van der Waals surface area (Å²) in [6.45, 7) is 0. The molecule has 260 valence electrons. The topological polar surface area (TPSA) is 177 Å². The van der Waals surface area contributed by atoms with E-state index in [9.17, 15) is 30.0 Å². The Morgan fingerprint density at radius 2 is 0.712 bits per heavy atom. The summed E-state index contributed by atoms with van der Waals surface area (Å²) in [5, 5.41) is 47.5. The summed E-state index contributed by atoms with van der Waals surface area (Å²) >= 11 is 0. The molecule has 0 amide bonds. The Morgan fingerprint density at radius 3 is 1.00 bits per heavy atom. The molecule has 0 fully saturated rings. The molecule has 4 N–H and O–H groups in total. The van der Waals surface area contributed by atoms with Crippen LogP contribution in [0.3, 0.4) is 0 Å². The number of carboxylic acids is 2. The number of aliphatic hydroxyl groups is 2. The van der Waals surface area contributed by atoms with E-state index >= 15 is 0 Å². The van der Waals surface area contributed by atoms with Gasteiger partial charge in [-0.15, -0.1) is 0 Å². The third-order valence-corrected chi connectivity index (χ3v) is 8.99. The van der Waals surface area contributed by atoms with Crippen molar-refractivity contribution in [2.75, 3.05) is 28.4 Å². The largest absolute Gasteiger partial charge is 0.497 e. The Balaban J connectivity index is 1.60. The molecule has 0 aliphatic heterocycles. The van der Waals surface area contributed by atoms with Crippen molar-refractivity contribution in [1.29, 1.82) is 0 Å². The first-order valence-corrected chi connectivity index (χ1v) is 15.8. The Kier molecular flexibility index (Phi) is 8.35. The molecule has 0 saturated carbocycles. The highest BCUT2D eigenvalue weighted by Gasteiger charge is 2.25. The van der Waals surface area contributed by atoms with Gasteiger partial charge in [-0.1, -0.05) is 24.3 Å². The van der Waals surface area contributed by atoms with Gasteiger partial charge in [-0.05, 0) is 56.6 Å². The molecule has 0 aliphatic carbocycles. The van der Waals surface area contributed by atoms with Gasteiger partial charge in [0, 0.05) is 58.3 Å². The van der Waals surface area contributed by atoms with Gasteiger partial charge in [0.25, 0.3) is 0 Å². The van der Waals surface area contributed by atoms with E-state index in [1.165, 1.54) is 40.6 Å². The van der Waals surface area contributed by atoms with Gasteiger partial charge in [0.15, 0.2) is 0 Å². The third-order valence-electron chi connectivity index (χ3n) is 8.99. The Morgan fingerprint density at radius 1 is 0.423 bits per heavy atom. The van der Waals surface area contributed by atoms with Gasteiger partial charge in [-0.3, -0.25) is 0 Å². The molecule has 0 saturated heterocycles. The molecule has 0 radical (unpaired) electrons. The van der Waals surface area contributed by atoms with E-state index in [0.717, 1.165) is 0 Å². The van der Waals surface area contributed by atoms with E-state index in [1.54, 1.807) is 72.8 Å². The Bertz CT molecular complexity index is 2440. The van der Waals surface area contributed by atoms with E-state index in [4.69, 9.17) is 18.9 Å². The second-order valence-corrected chi connectivity index (χ2v) is 11.8. The van der Waals surface area contributed by atoms with Crippen molar-refractivity contribution in [3.8, 4) is 23.0 Å². The molecular formula is C40H30N2O10. The molecule has 0 atom stereocenters. The van der Waals surface area contributed by atoms with Crippen LogP contribution in [-0.2, 0) is 0 Å².